The van der Waals surface area contributed by atoms with Gasteiger partial charge in [0, 0.05) is 16.2 Å². The molecular weight excluding hydrogens is 424 g/mol. The monoisotopic (exact) mass is 442 g/mol. The van der Waals surface area contributed by atoms with Crippen molar-refractivity contribution in [2.45, 2.75) is 12.1 Å². The van der Waals surface area contributed by atoms with E-state index in [1.165, 1.54) is 0 Å². The van der Waals surface area contributed by atoms with Crippen molar-refractivity contribution in [3.8, 4) is 11.5 Å². The number of anilines is 1. The summed E-state index contributed by atoms with van der Waals surface area (Å²) in [5.41, 5.74) is 5.14. The maximum absolute atomic E-state index is 6.60. The predicted octanol–water partition coefficient (Wildman–Crippen LogP) is 5.50. The van der Waals surface area contributed by atoms with Crippen molar-refractivity contribution < 1.29 is 9.47 Å². The summed E-state index contributed by atoms with van der Waals surface area (Å²) in [6.45, 7) is 0. The van der Waals surface area contributed by atoms with Crippen molar-refractivity contribution in [3.63, 3.8) is 0 Å². The lowest BCUT2D eigenvalue weighted by molar-refractivity contribution is 0.223. The summed E-state index contributed by atoms with van der Waals surface area (Å²) < 4.78 is 13.9. The van der Waals surface area contributed by atoms with Gasteiger partial charge in [0.1, 0.15) is 30.0 Å². The molecule has 0 saturated heterocycles. The molecule has 3 aromatic carbocycles. The van der Waals surface area contributed by atoms with Crippen LogP contribution >= 0.6 is 11.6 Å². The smallest absolute Gasteiger partial charge is 0.226 e. The van der Waals surface area contributed by atoms with E-state index in [1.54, 1.807) is 13.4 Å². The largest absolute Gasteiger partial charge is 0.497 e. The number of hydrogen-bond donors (Lipinski definition) is 1. The van der Waals surface area contributed by atoms with E-state index in [0.717, 1.165) is 39.5 Å². The Morgan fingerprint density at radius 2 is 1.72 bits per heavy atom. The van der Waals surface area contributed by atoms with E-state index in [4.69, 9.17) is 21.1 Å². The number of halogens is 1. The molecule has 0 saturated carbocycles. The van der Waals surface area contributed by atoms with Gasteiger partial charge < -0.3 is 14.8 Å². The van der Waals surface area contributed by atoms with Crippen LogP contribution in [0.25, 0.3) is 5.70 Å². The number of methoxy groups -OCH3 is 1. The van der Waals surface area contributed by atoms with Gasteiger partial charge in [-0.15, -0.1) is 0 Å². The molecule has 2 unspecified atom stereocenters. The third kappa shape index (κ3) is 2.95. The lowest BCUT2D eigenvalue weighted by Gasteiger charge is -2.39. The van der Waals surface area contributed by atoms with E-state index in [9.17, 15) is 0 Å². The number of nitrogens with zero attached hydrogens (tertiary/aromatic N) is 3. The Morgan fingerprint density at radius 3 is 2.50 bits per heavy atom. The van der Waals surface area contributed by atoms with E-state index in [1.807, 2.05) is 71.4 Å². The summed E-state index contributed by atoms with van der Waals surface area (Å²) in [4.78, 5) is 4.46. The molecule has 32 heavy (non-hydrogen) atoms. The van der Waals surface area contributed by atoms with Crippen LogP contribution in [0.2, 0.25) is 5.02 Å². The summed E-state index contributed by atoms with van der Waals surface area (Å²) in [5, 5.41) is 8.73. The topological polar surface area (TPSA) is 61.2 Å². The minimum absolute atomic E-state index is 0.207. The predicted molar refractivity (Wildman–Crippen MR) is 123 cm³/mol. The van der Waals surface area contributed by atoms with Crippen LogP contribution in [0, 0.1) is 0 Å². The Kier molecular flexibility index (Phi) is 4.40. The molecule has 0 aliphatic carbocycles. The number of nitrogens with one attached hydrogen (secondary N) is 1. The number of hydrogen-bond acceptors (Lipinski definition) is 5. The zero-order valence-corrected chi connectivity index (χ0v) is 18.0. The molecule has 1 aromatic heterocycles. The fourth-order valence-electron chi connectivity index (χ4n) is 4.44. The van der Waals surface area contributed by atoms with Crippen molar-refractivity contribution in [1.29, 1.82) is 0 Å². The van der Waals surface area contributed by atoms with Gasteiger partial charge in [-0.05, 0) is 47.5 Å². The first-order valence-electron chi connectivity index (χ1n) is 10.3. The lowest BCUT2D eigenvalue weighted by atomic mass is 9.84. The molecule has 1 N–H and O–H groups in total. The van der Waals surface area contributed by atoms with Gasteiger partial charge in [-0.25, -0.2) is 4.68 Å². The molecule has 2 atom stereocenters. The first-order chi connectivity index (χ1) is 15.7. The zero-order chi connectivity index (χ0) is 21.7. The third-order valence-corrected chi connectivity index (χ3v) is 6.18. The van der Waals surface area contributed by atoms with Crippen molar-refractivity contribution in [1.82, 2.24) is 14.8 Å². The first kappa shape index (κ1) is 19.0. The van der Waals surface area contributed by atoms with Crippen LogP contribution in [0.3, 0.4) is 0 Å². The highest BCUT2D eigenvalue weighted by molar-refractivity contribution is 6.30. The van der Waals surface area contributed by atoms with Crippen LogP contribution in [0.5, 0.6) is 11.5 Å². The second-order valence-corrected chi connectivity index (χ2v) is 8.14. The van der Waals surface area contributed by atoms with E-state index in [-0.39, 0.29) is 12.1 Å². The average Bonchev–Trinajstić information content (AvgIpc) is 3.31. The van der Waals surface area contributed by atoms with Crippen LogP contribution in [-0.4, -0.2) is 21.9 Å². The Labute approximate surface area is 190 Å². The Balaban J connectivity index is 1.60. The number of para-hydroxylation sites is 1. The average molecular weight is 443 g/mol. The Hall–Kier alpha value is -3.77. The quantitative estimate of drug-likeness (QED) is 0.454. The fourth-order valence-corrected chi connectivity index (χ4v) is 4.56. The summed E-state index contributed by atoms with van der Waals surface area (Å²) in [7, 11) is 1.66. The number of aromatic nitrogens is 3. The molecule has 6 nitrogen and oxygen atoms in total. The Morgan fingerprint density at radius 1 is 0.969 bits per heavy atom. The second-order valence-electron chi connectivity index (χ2n) is 7.70. The van der Waals surface area contributed by atoms with E-state index in [0.29, 0.717) is 11.0 Å². The maximum Gasteiger partial charge on any atom is 0.226 e. The SMILES string of the molecule is COc1ccc(C2Oc3ccccc3C3=C2C(c2ccc(Cl)cc2)n2ncnc2N3)cc1. The molecule has 0 radical (unpaired) electrons. The van der Waals surface area contributed by atoms with Gasteiger partial charge in [0.2, 0.25) is 5.95 Å². The normalized spacial score (nSPS) is 18.7. The molecule has 158 valence electrons. The maximum atomic E-state index is 6.60. The van der Waals surface area contributed by atoms with E-state index >= 15 is 0 Å². The molecule has 7 heteroatoms. The summed E-state index contributed by atoms with van der Waals surface area (Å²) >= 11 is 6.19. The molecule has 0 spiro atoms. The van der Waals surface area contributed by atoms with Gasteiger partial charge in [-0.1, -0.05) is 48.0 Å². The van der Waals surface area contributed by atoms with Gasteiger partial charge in [-0.2, -0.15) is 10.1 Å². The van der Waals surface area contributed by atoms with Crippen molar-refractivity contribution >= 4 is 23.2 Å². The minimum atomic E-state index is -0.323. The molecule has 0 fully saturated rings. The molecule has 6 rings (SSSR count). The fraction of sp³-hybridized carbons (Fsp3) is 0.120. The number of rotatable bonds is 3. The van der Waals surface area contributed by atoms with Crippen LogP contribution in [0.1, 0.15) is 28.8 Å². The zero-order valence-electron chi connectivity index (χ0n) is 17.2. The first-order valence-corrected chi connectivity index (χ1v) is 10.7. The van der Waals surface area contributed by atoms with Gasteiger partial charge in [0.15, 0.2) is 0 Å². The highest BCUT2D eigenvalue weighted by Gasteiger charge is 2.40. The molecule has 2 aliphatic heterocycles. The van der Waals surface area contributed by atoms with Crippen molar-refractivity contribution in [2.24, 2.45) is 0 Å². The number of ether oxygens (including phenoxy) is 2. The van der Waals surface area contributed by atoms with Crippen molar-refractivity contribution in [3.05, 3.63) is 106 Å². The van der Waals surface area contributed by atoms with Crippen LogP contribution in [0.15, 0.2) is 84.7 Å². The standard InChI is InChI=1S/C25H19ClN4O2/c1-31-18-12-8-16(9-13-18)24-21-22(19-4-2-3-5-20(19)32-24)29-25-27-14-28-30(25)23(21)15-6-10-17(26)11-7-15/h2-14,23-24H,1H3,(H,27,28,29). The van der Waals surface area contributed by atoms with Gasteiger partial charge in [0.05, 0.1) is 12.8 Å². The van der Waals surface area contributed by atoms with Crippen LogP contribution < -0.4 is 14.8 Å². The van der Waals surface area contributed by atoms with E-state index < -0.39 is 0 Å². The van der Waals surface area contributed by atoms with E-state index in [2.05, 4.69) is 21.5 Å². The lowest BCUT2D eigenvalue weighted by Crippen LogP contribution is -2.32. The minimum Gasteiger partial charge on any atom is -0.497 e. The molecule has 4 aromatic rings. The molecule has 2 aliphatic rings. The molecule has 0 amide bonds. The molecular formula is C25H19ClN4O2. The molecule has 3 heterocycles. The number of benzene rings is 3. The summed E-state index contributed by atoms with van der Waals surface area (Å²) in [6, 6.07) is 23.7. The highest BCUT2D eigenvalue weighted by atomic mass is 35.5. The van der Waals surface area contributed by atoms with Gasteiger partial charge in [-0.3, -0.25) is 0 Å². The van der Waals surface area contributed by atoms with Crippen LogP contribution in [-0.2, 0) is 0 Å². The Bertz CT molecular complexity index is 1330. The summed E-state index contributed by atoms with van der Waals surface area (Å²) in [5.74, 6) is 2.31. The third-order valence-electron chi connectivity index (χ3n) is 5.93. The van der Waals surface area contributed by atoms with Crippen molar-refractivity contribution in [2.75, 3.05) is 12.4 Å². The number of fused-ring (bicyclic) bond motifs is 3. The van der Waals surface area contributed by atoms with Gasteiger partial charge in [0.25, 0.3) is 0 Å². The molecule has 0 bridgehead atoms. The van der Waals surface area contributed by atoms with Crippen LogP contribution in [0.4, 0.5) is 5.95 Å². The van der Waals surface area contributed by atoms with Gasteiger partial charge >= 0.3 is 0 Å². The highest BCUT2D eigenvalue weighted by Crippen LogP contribution is 2.50. The second kappa shape index (κ2) is 7.43. The summed E-state index contributed by atoms with van der Waals surface area (Å²) in [6.07, 6.45) is 1.25.